The van der Waals surface area contributed by atoms with Crippen molar-refractivity contribution in [2.45, 2.75) is 0 Å². The van der Waals surface area contributed by atoms with E-state index in [1.807, 2.05) is 60.7 Å². The second-order valence-corrected chi connectivity index (χ2v) is 11.6. The first-order chi connectivity index (χ1) is 27.3. The van der Waals surface area contributed by atoms with Crippen LogP contribution >= 0.6 is 11.3 Å². The molecule has 0 amide bonds. The van der Waals surface area contributed by atoms with Gasteiger partial charge in [-0.1, -0.05) is 84.8 Å². The van der Waals surface area contributed by atoms with E-state index in [1.165, 1.54) is 0 Å². The molecule has 6 aromatic carbocycles. The lowest BCUT2D eigenvalue weighted by Gasteiger charge is -2.09. The van der Waals surface area contributed by atoms with Crippen LogP contribution in [-0.4, -0.2) is 19.1 Å². The first-order valence-electron chi connectivity index (χ1n) is 20.1. The number of para-hydroxylation sites is 3. The fraction of sp³-hybridized carbons (Fsp3) is 0. The molecule has 0 spiro atoms. The van der Waals surface area contributed by atoms with Crippen molar-refractivity contribution in [2.24, 2.45) is 0 Å². The molecule has 4 aromatic heterocycles. The minimum absolute atomic E-state index is 0.0210. The molecular formula is C40H24N4S. The second kappa shape index (κ2) is 9.36. The lowest BCUT2D eigenvalue weighted by Crippen LogP contribution is -1.98. The molecule has 0 aliphatic rings. The second-order valence-electron chi connectivity index (χ2n) is 10.6. The summed E-state index contributed by atoms with van der Waals surface area (Å²) in [5, 5.41) is 2.37. The molecule has 10 aromatic rings. The number of fused-ring (bicyclic) bond motifs is 9. The normalized spacial score (nSPS) is 15.7. The number of benzene rings is 6. The van der Waals surface area contributed by atoms with E-state index >= 15 is 0 Å². The summed E-state index contributed by atoms with van der Waals surface area (Å²) >= 11 is 1.59. The van der Waals surface area contributed by atoms with Gasteiger partial charge in [0.1, 0.15) is 6.33 Å². The minimum Gasteiger partial charge on any atom is -0.309 e. The lowest BCUT2D eigenvalue weighted by molar-refractivity contribution is 1.08. The number of nitrogens with zero attached hydrogens (tertiary/aromatic N) is 4. The minimum atomic E-state index is -0.690. The van der Waals surface area contributed by atoms with Gasteiger partial charge in [-0.25, -0.2) is 9.97 Å². The topological polar surface area (TPSA) is 35.6 Å². The SMILES string of the molecule is [2H]c1c([2H])c([2H])c(-n2c3c([2H])c([2H])c([2H])c([2H])c3c3c([2H])c(-c4ccc5c(c4)c4ccccc4n5-c4ncnc5c4sc4ccccc45)c([2H])c([2H])c32)c([2H])c1[2H]. The highest BCUT2D eigenvalue weighted by atomic mass is 32.1. The van der Waals surface area contributed by atoms with Gasteiger partial charge in [0.2, 0.25) is 0 Å². The molecule has 0 fully saturated rings. The molecule has 0 N–H and O–H groups in total. The quantitative estimate of drug-likeness (QED) is 0.201. The molecule has 0 saturated heterocycles. The Balaban J connectivity index is 1.30. The smallest absolute Gasteiger partial charge is 0.159 e. The third kappa shape index (κ3) is 3.53. The highest BCUT2D eigenvalue weighted by molar-refractivity contribution is 7.26. The van der Waals surface area contributed by atoms with E-state index < -0.39 is 72.2 Å². The van der Waals surface area contributed by atoms with Crippen molar-refractivity contribution in [3.63, 3.8) is 0 Å². The number of thiophene rings is 1. The first-order valence-corrected chi connectivity index (χ1v) is 14.9. The largest absolute Gasteiger partial charge is 0.309 e. The average Bonchev–Trinajstić information content (AvgIpc) is 3.88. The number of hydrogen-bond donors (Lipinski definition) is 0. The Labute approximate surface area is 278 Å². The Bertz CT molecular complexity index is 3430. The zero-order chi connectivity index (χ0) is 39.9. The zero-order valence-electron chi connectivity index (χ0n) is 35.1. The van der Waals surface area contributed by atoms with E-state index in [9.17, 15) is 4.11 Å². The van der Waals surface area contributed by atoms with Gasteiger partial charge >= 0.3 is 0 Å². The van der Waals surface area contributed by atoms with Crippen molar-refractivity contribution >= 4 is 75.3 Å². The van der Waals surface area contributed by atoms with Crippen LogP contribution in [0.4, 0.5) is 0 Å². The van der Waals surface area contributed by atoms with Crippen molar-refractivity contribution < 1.29 is 16.4 Å². The van der Waals surface area contributed by atoms with E-state index in [0.29, 0.717) is 11.4 Å². The van der Waals surface area contributed by atoms with Gasteiger partial charge in [-0.05, 0) is 65.6 Å². The summed E-state index contributed by atoms with van der Waals surface area (Å²) in [7, 11) is 0. The molecule has 0 saturated carbocycles. The molecular weight excluding hydrogens is 569 g/mol. The van der Waals surface area contributed by atoms with Gasteiger partial charge in [0.15, 0.2) is 5.82 Å². The summed E-state index contributed by atoms with van der Waals surface area (Å²) in [6, 6.07) is 14.3. The van der Waals surface area contributed by atoms with Crippen LogP contribution in [0.5, 0.6) is 0 Å². The number of hydrogen-bond acceptors (Lipinski definition) is 3. The highest BCUT2D eigenvalue weighted by Crippen LogP contribution is 2.41. The Morgan fingerprint density at radius 3 is 2.27 bits per heavy atom. The van der Waals surface area contributed by atoms with Crippen molar-refractivity contribution in [2.75, 3.05) is 0 Å². The molecule has 0 aliphatic carbocycles. The average molecular weight is 605 g/mol. The fourth-order valence-electron chi connectivity index (χ4n) is 6.27. The van der Waals surface area contributed by atoms with Crippen molar-refractivity contribution in [1.82, 2.24) is 19.1 Å². The molecule has 45 heavy (non-hydrogen) atoms. The molecule has 0 unspecified atom stereocenters. The molecule has 0 aliphatic heterocycles. The van der Waals surface area contributed by atoms with E-state index in [0.717, 1.165) is 46.7 Å². The van der Waals surface area contributed by atoms with Gasteiger partial charge in [-0.15, -0.1) is 11.3 Å². The maximum Gasteiger partial charge on any atom is 0.159 e. The third-order valence-electron chi connectivity index (χ3n) is 8.18. The Morgan fingerprint density at radius 1 is 0.556 bits per heavy atom. The zero-order valence-corrected chi connectivity index (χ0v) is 23.9. The molecule has 10 rings (SSSR count). The van der Waals surface area contributed by atoms with E-state index in [4.69, 9.17) is 17.3 Å². The molecule has 4 heterocycles. The maximum absolute atomic E-state index is 9.66. The lowest BCUT2D eigenvalue weighted by atomic mass is 10.0. The van der Waals surface area contributed by atoms with Crippen molar-refractivity contribution in [1.29, 1.82) is 0 Å². The van der Waals surface area contributed by atoms with E-state index in [1.54, 1.807) is 23.7 Å². The third-order valence-corrected chi connectivity index (χ3v) is 9.34. The Morgan fingerprint density at radius 2 is 1.33 bits per heavy atom. The molecule has 0 bridgehead atoms. The summed E-state index contributed by atoms with van der Waals surface area (Å²) in [5.41, 5.74) is 1.91. The van der Waals surface area contributed by atoms with Crippen molar-refractivity contribution in [3.05, 3.63) is 146 Å². The maximum atomic E-state index is 9.66. The molecule has 5 heteroatoms. The van der Waals surface area contributed by atoms with Crippen LogP contribution in [0, 0.1) is 0 Å². The summed E-state index contributed by atoms with van der Waals surface area (Å²) in [6.45, 7) is 0. The van der Waals surface area contributed by atoms with Crippen LogP contribution in [0.3, 0.4) is 0 Å². The van der Waals surface area contributed by atoms with Crippen LogP contribution in [0.2, 0.25) is 0 Å². The van der Waals surface area contributed by atoms with E-state index in [-0.39, 0.29) is 33.4 Å². The van der Waals surface area contributed by atoms with Gasteiger partial charge in [0.25, 0.3) is 0 Å². The predicted molar refractivity (Wildman–Crippen MR) is 189 cm³/mol. The van der Waals surface area contributed by atoms with Gasteiger partial charge < -0.3 is 4.57 Å². The molecule has 0 atom stereocenters. The summed E-state index contributed by atoms with van der Waals surface area (Å²) in [4.78, 5) is 9.39. The van der Waals surface area contributed by atoms with Crippen molar-refractivity contribution in [3.8, 4) is 22.6 Å². The van der Waals surface area contributed by atoms with Crippen LogP contribution in [0.25, 0.3) is 86.5 Å². The molecule has 0 radical (unpaired) electrons. The van der Waals surface area contributed by atoms with Gasteiger partial charge in [0, 0.05) is 37.3 Å². The van der Waals surface area contributed by atoms with Gasteiger partial charge in [0.05, 0.1) is 48.7 Å². The monoisotopic (exact) mass is 604 g/mol. The fourth-order valence-corrected chi connectivity index (χ4v) is 7.40. The van der Waals surface area contributed by atoms with Crippen LogP contribution in [0.1, 0.15) is 16.4 Å². The molecule has 4 nitrogen and oxygen atoms in total. The Kier molecular flexibility index (Phi) is 3.29. The highest BCUT2D eigenvalue weighted by Gasteiger charge is 2.19. The Hall–Kier alpha value is -5.78. The number of rotatable bonds is 3. The van der Waals surface area contributed by atoms with E-state index in [2.05, 4.69) is 9.55 Å². The van der Waals surface area contributed by atoms with Crippen LogP contribution < -0.4 is 0 Å². The van der Waals surface area contributed by atoms with Gasteiger partial charge in [-0.3, -0.25) is 4.57 Å². The summed E-state index contributed by atoms with van der Waals surface area (Å²) in [6.07, 6.45) is 1.55. The van der Waals surface area contributed by atoms with Crippen LogP contribution in [0.15, 0.2) is 146 Å². The predicted octanol–water partition coefficient (Wildman–Crippen LogP) is 10.7. The first kappa shape index (κ1) is 15.8. The molecule has 210 valence electrons. The van der Waals surface area contributed by atoms with Crippen LogP contribution in [-0.2, 0) is 0 Å². The summed E-state index contributed by atoms with van der Waals surface area (Å²) < 4.78 is 111. The van der Waals surface area contributed by atoms with Gasteiger partial charge in [-0.2, -0.15) is 0 Å². The summed E-state index contributed by atoms with van der Waals surface area (Å²) in [5.74, 6) is 0.687. The number of aromatic nitrogens is 4. The standard InChI is InChI=1S/C40H24N4S/c1-2-10-27(11-3-1)43-33-15-7-4-12-28(33)31-22-25(18-20-35(31)43)26-19-21-36-32(23-26)29-13-5-8-16-34(29)44(36)40-39-38(41-24-42-40)30-14-6-9-17-37(30)45-39/h1-24H/i1D,2D,3D,4D,7D,10D,11D,12D,15D,18D,20D,22D.